The summed E-state index contributed by atoms with van der Waals surface area (Å²) in [7, 11) is 0. The highest BCUT2D eigenvalue weighted by Gasteiger charge is 2.36. The van der Waals surface area contributed by atoms with E-state index >= 15 is 0 Å². The molecule has 0 aliphatic heterocycles. The lowest BCUT2D eigenvalue weighted by atomic mass is 10.1. The molecule has 0 bridgehead atoms. The number of carbonyl (C=O) groups is 1. The number of amides is 1. The number of furan rings is 1. The number of hydrogen-bond acceptors (Lipinski definition) is 3. The summed E-state index contributed by atoms with van der Waals surface area (Å²) in [4.78, 5) is 18.9. The Labute approximate surface area is 171 Å². The van der Waals surface area contributed by atoms with Gasteiger partial charge in [-0.1, -0.05) is 43.3 Å². The Hall–Kier alpha value is -3.14. The van der Waals surface area contributed by atoms with E-state index in [1.54, 1.807) is 18.3 Å². The lowest BCUT2D eigenvalue weighted by Crippen LogP contribution is -2.31. The number of rotatable bonds is 8. The summed E-state index contributed by atoms with van der Waals surface area (Å²) in [5.74, 6) is 2.98. The van der Waals surface area contributed by atoms with Crippen LogP contribution in [-0.4, -0.2) is 22.3 Å². The Balaban J connectivity index is 1.43. The third-order valence-corrected chi connectivity index (χ3v) is 5.43. The Morgan fingerprint density at radius 1 is 1.14 bits per heavy atom. The summed E-state index contributed by atoms with van der Waals surface area (Å²) >= 11 is 0. The van der Waals surface area contributed by atoms with Gasteiger partial charge in [-0.15, -0.1) is 0 Å². The van der Waals surface area contributed by atoms with Crippen molar-refractivity contribution in [2.24, 2.45) is 5.92 Å². The molecule has 2 aromatic heterocycles. The highest BCUT2D eigenvalue weighted by atomic mass is 16.3. The standard InChI is InChI=1S/C25H26N2O2/c1-19-16-23(19)24-11-9-22(29-24)10-12-25(28)27(18-21-8-5-14-26-17-21)15-13-20-6-3-2-4-7-20/h2-12,14,17,19,23H,13,15-16,18H2,1H3. The Morgan fingerprint density at radius 3 is 2.66 bits per heavy atom. The molecule has 0 spiro atoms. The fourth-order valence-corrected chi connectivity index (χ4v) is 3.52. The fourth-order valence-electron chi connectivity index (χ4n) is 3.52. The van der Waals surface area contributed by atoms with Gasteiger partial charge in [0.1, 0.15) is 11.5 Å². The summed E-state index contributed by atoms with van der Waals surface area (Å²) in [5.41, 5.74) is 2.24. The maximum absolute atomic E-state index is 12.9. The second-order valence-corrected chi connectivity index (χ2v) is 7.75. The van der Waals surface area contributed by atoms with E-state index in [9.17, 15) is 4.79 Å². The van der Waals surface area contributed by atoms with E-state index in [1.165, 1.54) is 12.0 Å². The van der Waals surface area contributed by atoms with Crippen LogP contribution in [0, 0.1) is 5.92 Å². The van der Waals surface area contributed by atoms with Crippen molar-refractivity contribution in [2.45, 2.75) is 32.2 Å². The molecule has 1 fully saturated rings. The SMILES string of the molecule is CC1CC1c1ccc(C=CC(=O)N(CCc2ccccc2)Cc2cccnc2)o1. The molecule has 4 rings (SSSR count). The van der Waals surface area contributed by atoms with Crippen LogP contribution in [-0.2, 0) is 17.8 Å². The Morgan fingerprint density at radius 2 is 1.93 bits per heavy atom. The molecule has 0 N–H and O–H groups in total. The van der Waals surface area contributed by atoms with Gasteiger partial charge in [0.15, 0.2) is 0 Å². The zero-order chi connectivity index (χ0) is 20.1. The molecule has 4 nitrogen and oxygen atoms in total. The van der Waals surface area contributed by atoms with Crippen LogP contribution < -0.4 is 0 Å². The van der Waals surface area contributed by atoms with Crippen molar-refractivity contribution in [3.8, 4) is 0 Å². The highest BCUT2D eigenvalue weighted by Crippen LogP contribution is 2.47. The minimum atomic E-state index is -0.0254. The fraction of sp³-hybridized carbons (Fsp3) is 0.280. The van der Waals surface area contributed by atoms with Crippen LogP contribution in [0.4, 0.5) is 0 Å². The molecular formula is C25H26N2O2. The first kappa shape index (κ1) is 19.2. The Kier molecular flexibility index (Phi) is 5.89. The van der Waals surface area contributed by atoms with Crippen molar-refractivity contribution in [1.82, 2.24) is 9.88 Å². The van der Waals surface area contributed by atoms with Crippen molar-refractivity contribution >= 4 is 12.0 Å². The second-order valence-electron chi connectivity index (χ2n) is 7.75. The molecule has 3 aromatic rings. The van der Waals surface area contributed by atoms with Crippen molar-refractivity contribution in [2.75, 3.05) is 6.54 Å². The summed E-state index contributed by atoms with van der Waals surface area (Å²) in [6.45, 7) is 3.41. The van der Waals surface area contributed by atoms with Crippen molar-refractivity contribution in [1.29, 1.82) is 0 Å². The normalized spacial score (nSPS) is 18.1. The molecule has 1 amide bonds. The van der Waals surface area contributed by atoms with E-state index in [0.29, 0.717) is 24.9 Å². The minimum Gasteiger partial charge on any atom is -0.461 e. The molecule has 0 radical (unpaired) electrons. The van der Waals surface area contributed by atoms with Gasteiger partial charge in [0, 0.05) is 37.5 Å². The first-order valence-electron chi connectivity index (χ1n) is 10.2. The first-order chi connectivity index (χ1) is 14.2. The topological polar surface area (TPSA) is 46.3 Å². The lowest BCUT2D eigenvalue weighted by molar-refractivity contribution is -0.126. The van der Waals surface area contributed by atoms with Crippen LogP contribution in [0.3, 0.4) is 0 Å². The predicted octanol–water partition coefficient (Wildman–Crippen LogP) is 5.08. The average molecular weight is 386 g/mol. The third-order valence-electron chi connectivity index (χ3n) is 5.43. The maximum Gasteiger partial charge on any atom is 0.247 e. The number of nitrogens with zero attached hydrogens (tertiary/aromatic N) is 2. The van der Waals surface area contributed by atoms with Gasteiger partial charge in [0.25, 0.3) is 0 Å². The van der Waals surface area contributed by atoms with E-state index < -0.39 is 0 Å². The number of carbonyl (C=O) groups excluding carboxylic acids is 1. The summed E-state index contributed by atoms with van der Waals surface area (Å²) in [6.07, 6.45) is 8.94. The van der Waals surface area contributed by atoms with Crippen molar-refractivity contribution in [3.63, 3.8) is 0 Å². The van der Waals surface area contributed by atoms with Gasteiger partial charge in [-0.3, -0.25) is 9.78 Å². The number of hydrogen-bond donors (Lipinski definition) is 0. The van der Waals surface area contributed by atoms with Crippen LogP contribution in [0.15, 0.2) is 77.5 Å². The van der Waals surface area contributed by atoms with Crippen molar-refractivity contribution in [3.05, 3.63) is 95.7 Å². The molecule has 2 heterocycles. The van der Waals surface area contributed by atoms with E-state index in [2.05, 4.69) is 24.0 Å². The number of benzene rings is 1. The van der Waals surface area contributed by atoms with Crippen LogP contribution in [0.1, 0.15) is 41.9 Å². The average Bonchev–Trinajstić information content (AvgIpc) is 3.30. The molecule has 1 aliphatic carbocycles. The number of pyridine rings is 1. The van der Waals surface area contributed by atoms with Gasteiger partial charge in [-0.25, -0.2) is 0 Å². The van der Waals surface area contributed by atoms with E-state index in [1.807, 2.05) is 53.6 Å². The van der Waals surface area contributed by atoms with E-state index in [0.717, 1.165) is 23.5 Å². The summed E-state index contributed by atoms with van der Waals surface area (Å²) < 4.78 is 5.89. The molecule has 1 aliphatic rings. The Bertz CT molecular complexity index is 963. The van der Waals surface area contributed by atoms with E-state index in [4.69, 9.17) is 4.42 Å². The van der Waals surface area contributed by atoms with Gasteiger partial charge in [0.05, 0.1) is 0 Å². The van der Waals surface area contributed by atoms with Crippen LogP contribution in [0.5, 0.6) is 0 Å². The predicted molar refractivity (Wildman–Crippen MR) is 114 cm³/mol. The molecule has 2 atom stereocenters. The summed E-state index contributed by atoms with van der Waals surface area (Å²) in [6, 6.07) is 18.1. The van der Waals surface area contributed by atoms with Gasteiger partial charge in [-0.2, -0.15) is 0 Å². The molecule has 148 valence electrons. The zero-order valence-corrected chi connectivity index (χ0v) is 16.7. The smallest absolute Gasteiger partial charge is 0.247 e. The first-order valence-corrected chi connectivity index (χ1v) is 10.2. The van der Waals surface area contributed by atoms with Gasteiger partial charge in [-0.05, 0) is 54.2 Å². The van der Waals surface area contributed by atoms with Crippen LogP contribution in [0.2, 0.25) is 0 Å². The van der Waals surface area contributed by atoms with Crippen LogP contribution >= 0.6 is 0 Å². The molecule has 0 saturated heterocycles. The molecular weight excluding hydrogens is 360 g/mol. The van der Waals surface area contributed by atoms with E-state index in [-0.39, 0.29) is 5.91 Å². The molecule has 2 unspecified atom stereocenters. The lowest BCUT2D eigenvalue weighted by Gasteiger charge is -2.21. The van der Waals surface area contributed by atoms with Crippen molar-refractivity contribution < 1.29 is 9.21 Å². The second kappa shape index (κ2) is 8.91. The van der Waals surface area contributed by atoms with Gasteiger partial charge < -0.3 is 9.32 Å². The molecule has 1 saturated carbocycles. The summed E-state index contributed by atoms with van der Waals surface area (Å²) in [5, 5.41) is 0. The van der Waals surface area contributed by atoms with Gasteiger partial charge in [0.2, 0.25) is 5.91 Å². The molecule has 1 aromatic carbocycles. The number of aromatic nitrogens is 1. The molecule has 29 heavy (non-hydrogen) atoms. The molecule has 4 heteroatoms. The monoisotopic (exact) mass is 386 g/mol. The minimum absolute atomic E-state index is 0.0254. The highest BCUT2D eigenvalue weighted by molar-refractivity contribution is 5.91. The van der Waals surface area contributed by atoms with Gasteiger partial charge >= 0.3 is 0 Å². The largest absolute Gasteiger partial charge is 0.461 e. The maximum atomic E-state index is 12.9. The zero-order valence-electron chi connectivity index (χ0n) is 16.7. The van der Waals surface area contributed by atoms with Crippen LogP contribution in [0.25, 0.3) is 6.08 Å². The quantitative estimate of drug-likeness (QED) is 0.507. The third kappa shape index (κ3) is 5.23.